The summed E-state index contributed by atoms with van der Waals surface area (Å²) in [7, 11) is 0. The van der Waals surface area contributed by atoms with Crippen LogP contribution < -0.4 is 4.74 Å². The van der Waals surface area contributed by atoms with E-state index in [1.165, 1.54) is 6.33 Å². The number of nitrogens with zero attached hydrogens (tertiary/aromatic N) is 2. The maximum Gasteiger partial charge on any atom is 0.343 e. The molecule has 0 saturated carbocycles. The lowest BCUT2D eigenvalue weighted by molar-refractivity contribution is 0.0735. The van der Waals surface area contributed by atoms with Crippen molar-refractivity contribution in [2.75, 3.05) is 0 Å². The van der Waals surface area contributed by atoms with Crippen molar-refractivity contribution < 1.29 is 9.53 Å². The number of rotatable bonds is 2. The fourth-order valence-electron chi connectivity index (χ4n) is 1.77. The Bertz CT molecular complexity index is 726. The molecule has 3 aromatic rings. The Hall–Kier alpha value is -2.75. The summed E-state index contributed by atoms with van der Waals surface area (Å²) in [5.74, 6) is 0.105. The zero-order valence-corrected chi connectivity index (χ0v) is 9.98. The van der Waals surface area contributed by atoms with E-state index in [9.17, 15) is 4.79 Å². The molecule has 0 unspecified atom stereocenters. The number of hydrogen-bond donors (Lipinski definition) is 0. The van der Waals surface area contributed by atoms with Crippen LogP contribution in [0.4, 0.5) is 0 Å². The molecule has 0 aliphatic rings. The molecule has 1 heterocycles. The standard InChI is InChI=1S/C15H10N2O2/c18-15(11-4-2-1-3-5-11)19-13-6-7-14-12(8-13)9-16-10-17-14/h1-10H. The second-order valence-electron chi connectivity index (χ2n) is 4.00. The quantitative estimate of drug-likeness (QED) is 0.518. The van der Waals surface area contributed by atoms with Gasteiger partial charge in [-0.3, -0.25) is 0 Å². The molecule has 0 atom stereocenters. The molecule has 19 heavy (non-hydrogen) atoms. The van der Waals surface area contributed by atoms with Crippen LogP contribution in [0, 0.1) is 0 Å². The fourth-order valence-corrected chi connectivity index (χ4v) is 1.77. The maximum atomic E-state index is 11.9. The van der Waals surface area contributed by atoms with Gasteiger partial charge < -0.3 is 4.74 Å². The van der Waals surface area contributed by atoms with E-state index in [1.54, 1.807) is 48.7 Å². The van der Waals surface area contributed by atoms with E-state index in [-0.39, 0.29) is 5.97 Å². The van der Waals surface area contributed by atoms with Crippen LogP contribution in [-0.2, 0) is 0 Å². The molecule has 0 amide bonds. The van der Waals surface area contributed by atoms with E-state index in [4.69, 9.17) is 4.74 Å². The van der Waals surface area contributed by atoms with Crippen LogP contribution in [0.5, 0.6) is 5.75 Å². The third-order valence-electron chi connectivity index (χ3n) is 2.70. The van der Waals surface area contributed by atoms with E-state index in [0.717, 1.165) is 10.9 Å². The van der Waals surface area contributed by atoms with Crippen molar-refractivity contribution in [3.63, 3.8) is 0 Å². The molecule has 4 heteroatoms. The molecule has 4 nitrogen and oxygen atoms in total. The SMILES string of the molecule is O=C(Oc1ccc2ncncc2c1)c1ccccc1. The van der Waals surface area contributed by atoms with E-state index in [1.807, 2.05) is 6.07 Å². The lowest BCUT2D eigenvalue weighted by Crippen LogP contribution is -2.08. The first-order valence-electron chi connectivity index (χ1n) is 5.80. The van der Waals surface area contributed by atoms with Gasteiger partial charge in [-0.05, 0) is 30.3 Å². The van der Waals surface area contributed by atoms with Crippen molar-refractivity contribution in [2.24, 2.45) is 0 Å². The van der Waals surface area contributed by atoms with Gasteiger partial charge in [-0.1, -0.05) is 18.2 Å². The molecular weight excluding hydrogens is 240 g/mol. The predicted octanol–water partition coefficient (Wildman–Crippen LogP) is 2.85. The summed E-state index contributed by atoms with van der Waals surface area (Å²) in [6.45, 7) is 0. The molecule has 0 fully saturated rings. The summed E-state index contributed by atoms with van der Waals surface area (Å²) in [6, 6.07) is 14.1. The van der Waals surface area contributed by atoms with Gasteiger partial charge in [0.2, 0.25) is 0 Å². The maximum absolute atomic E-state index is 11.9. The highest BCUT2D eigenvalue weighted by atomic mass is 16.5. The number of fused-ring (bicyclic) bond motifs is 1. The summed E-state index contributed by atoms with van der Waals surface area (Å²) >= 11 is 0. The van der Waals surface area contributed by atoms with Crippen LogP contribution >= 0.6 is 0 Å². The summed E-state index contributed by atoms with van der Waals surface area (Å²) in [4.78, 5) is 19.9. The average molecular weight is 250 g/mol. The first kappa shape index (κ1) is 11.3. The highest BCUT2D eigenvalue weighted by Gasteiger charge is 2.08. The molecule has 0 saturated heterocycles. The van der Waals surface area contributed by atoms with E-state index in [2.05, 4.69) is 9.97 Å². The van der Waals surface area contributed by atoms with Gasteiger partial charge in [0.15, 0.2) is 0 Å². The lowest BCUT2D eigenvalue weighted by atomic mass is 10.2. The second-order valence-corrected chi connectivity index (χ2v) is 4.00. The van der Waals surface area contributed by atoms with E-state index >= 15 is 0 Å². The van der Waals surface area contributed by atoms with Gasteiger partial charge >= 0.3 is 5.97 Å². The molecule has 0 radical (unpaired) electrons. The molecule has 2 aromatic carbocycles. The van der Waals surface area contributed by atoms with Gasteiger partial charge in [0.1, 0.15) is 12.1 Å². The van der Waals surface area contributed by atoms with Gasteiger partial charge in [0.05, 0.1) is 11.1 Å². The van der Waals surface area contributed by atoms with Gasteiger partial charge in [0.25, 0.3) is 0 Å². The zero-order valence-electron chi connectivity index (χ0n) is 9.98. The number of esters is 1. The molecule has 0 aliphatic carbocycles. The Morgan fingerprint density at radius 2 is 1.89 bits per heavy atom. The molecule has 0 N–H and O–H groups in total. The number of carbonyl (C=O) groups excluding carboxylic acids is 1. The molecule has 92 valence electrons. The number of carbonyl (C=O) groups is 1. The minimum Gasteiger partial charge on any atom is -0.423 e. The Balaban J connectivity index is 1.87. The first-order chi connectivity index (χ1) is 9.33. The highest BCUT2D eigenvalue weighted by Crippen LogP contribution is 2.19. The number of ether oxygens (including phenoxy) is 1. The Labute approximate surface area is 109 Å². The Morgan fingerprint density at radius 1 is 1.05 bits per heavy atom. The smallest absolute Gasteiger partial charge is 0.343 e. The first-order valence-corrected chi connectivity index (χ1v) is 5.80. The Kier molecular flexibility index (Phi) is 2.90. The largest absolute Gasteiger partial charge is 0.423 e. The van der Waals surface area contributed by atoms with E-state index < -0.39 is 0 Å². The lowest BCUT2D eigenvalue weighted by Gasteiger charge is -2.05. The monoisotopic (exact) mass is 250 g/mol. The van der Waals surface area contributed by atoms with Crippen LogP contribution in [0.15, 0.2) is 61.1 Å². The topological polar surface area (TPSA) is 52.1 Å². The third-order valence-corrected chi connectivity index (χ3v) is 2.70. The molecule has 0 aliphatic heterocycles. The van der Waals surface area contributed by atoms with Crippen LogP contribution in [0.3, 0.4) is 0 Å². The van der Waals surface area contributed by atoms with Crippen LogP contribution in [0.25, 0.3) is 10.9 Å². The summed E-state index contributed by atoms with van der Waals surface area (Å²) in [6.07, 6.45) is 3.17. The van der Waals surface area contributed by atoms with Crippen molar-refractivity contribution >= 4 is 16.9 Å². The van der Waals surface area contributed by atoms with E-state index in [0.29, 0.717) is 11.3 Å². The molecule has 0 bridgehead atoms. The van der Waals surface area contributed by atoms with Gasteiger partial charge in [0, 0.05) is 11.6 Å². The zero-order chi connectivity index (χ0) is 13.1. The van der Waals surface area contributed by atoms with Crippen molar-refractivity contribution in [1.82, 2.24) is 9.97 Å². The molecule has 1 aromatic heterocycles. The second kappa shape index (κ2) is 4.86. The number of benzene rings is 2. The number of hydrogen-bond acceptors (Lipinski definition) is 4. The minimum absolute atomic E-state index is 0.378. The summed E-state index contributed by atoms with van der Waals surface area (Å²) in [5, 5.41) is 0.834. The van der Waals surface area contributed by atoms with Crippen molar-refractivity contribution in [1.29, 1.82) is 0 Å². The van der Waals surface area contributed by atoms with Crippen LogP contribution in [0.1, 0.15) is 10.4 Å². The fraction of sp³-hybridized carbons (Fsp3) is 0. The van der Waals surface area contributed by atoms with Crippen molar-refractivity contribution in [3.05, 3.63) is 66.6 Å². The van der Waals surface area contributed by atoms with Gasteiger partial charge in [-0.2, -0.15) is 0 Å². The van der Waals surface area contributed by atoms with Gasteiger partial charge in [-0.25, -0.2) is 14.8 Å². The highest BCUT2D eigenvalue weighted by molar-refractivity contribution is 5.91. The normalized spacial score (nSPS) is 10.3. The summed E-state index contributed by atoms with van der Waals surface area (Å²) < 4.78 is 5.31. The number of aromatic nitrogens is 2. The average Bonchev–Trinajstić information content (AvgIpc) is 2.48. The van der Waals surface area contributed by atoms with Crippen LogP contribution in [0.2, 0.25) is 0 Å². The Morgan fingerprint density at radius 3 is 2.74 bits per heavy atom. The minimum atomic E-state index is -0.378. The predicted molar refractivity (Wildman–Crippen MR) is 70.9 cm³/mol. The van der Waals surface area contributed by atoms with Crippen molar-refractivity contribution in [2.45, 2.75) is 0 Å². The molecule has 0 spiro atoms. The van der Waals surface area contributed by atoms with Gasteiger partial charge in [-0.15, -0.1) is 0 Å². The molecule has 3 rings (SSSR count). The molecular formula is C15H10N2O2. The summed E-state index contributed by atoms with van der Waals surface area (Å²) in [5.41, 5.74) is 1.33. The third kappa shape index (κ3) is 2.42. The van der Waals surface area contributed by atoms with Crippen LogP contribution in [-0.4, -0.2) is 15.9 Å². The van der Waals surface area contributed by atoms with Crippen molar-refractivity contribution in [3.8, 4) is 5.75 Å².